The number of hydrazine groups is 1. The molecule has 1 heterocycles. The Hall–Kier alpha value is -1.11. The second-order valence-electron chi connectivity index (χ2n) is 4.10. The molecule has 0 atom stereocenters. The van der Waals surface area contributed by atoms with Crippen molar-refractivity contribution < 1.29 is 8.42 Å². The lowest BCUT2D eigenvalue weighted by molar-refractivity contribution is 0.345. The molecule has 1 fully saturated rings. The summed E-state index contributed by atoms with van der Waals surface area (Å²) in [4.78, 5) is 0. The Balaban J connectivity index is 2.20. The van der Waals surface area contributed by atoms with Crippen LogP contribution in [0.25, 0.3) is 0 Å². The van der Waals surface area contributed by atoms with Gasteiger partial charge < -0.3 is 0 Å². The van der Waals surface area contributed by atoms with E-state index in [0.29, 0.717) is 18.8 Å². The van der Waals surface area contributed by atoms with Crippen molar-refractivity contribution in [3.63, 3.8) is 0 Å². The van der Waals surface area contributed by atoms with Crippen LogP contribution in [0.4, 0.5) is 5.69 Å². The van der Waals surface area contributed by atoms with Gasteiger partial charge in [-0.3, -0.25) is 0 Å². The largest absolute Gasteiger partial charge is 0.317 e. The lowest BCUT2D eigenvalue weighted by Crippen LogP contribution is -2.49. The molecule has 0 aliphatic carbocycles. The predicted octanol–water partition coefficient (Wildman–Crippen LogP) is 1.10. The Morgan fingerprint density at radius 2 is 1.65 bits per heavy atom. The van der Waals surface area contributed by atoms with Crippen LogP contribution in [0.3, 0.4) is 0 Å². The molecular formula is C11H17N3O2S. The first-order valence-corrected chi connectivity index (χ1v) is 7.12. The van der Waals surface area contributed by atoms with Gasteiger partial charge in [0.15, 0.2) is 0 Å². The summed E-state index contributed by atoms with van der Waals surface area (Å²) in [5, 5.41) is 0. The molecule has 1 aromatic rings. The first kappa shape index (κ1) is 12.3. The highest BCUT2D eigenvalue weighted by Gasteiger charge is 2.28. The zero-order chi connectivity index (χ0) is 12.3. The average Bonchev–Trinajstić information content (AvgIpc) is 2.40. The molecule has 5 nitrogen and oxygen atoms in total. The van der Waals surface area contributed by atoms with Gasteiger partial charge >= 0.3 is 10.2 Å². The molecule has 2 N–H and O–H groups in total. The number of hydrogen-bond donors (Lipinski definition) is 1. The van der Waals surface area contributed by atoms with Crippen LogP contribution >= 0.6 is 0 Å². The number of hydrogen-bond acceptors (Lipinski definition) is 3. The second kappa shape index (κ2) is 5.03. The van der Waals surface area contributed by atoms with Crippen LogP contribution < -0.4 is 10.3 Å². The van der Waals surface area contributed by atoms with Gasteiger partial charge in [0.05, 0.1) is 5.69 Å². The zero-order valence-electron chi connectivity index (χ0n) is 9.62. The van der Waals surface area contributed by atoms with Crippen LogP contribution in [0.15, 0.2) is 30.3 Å². The number of benzene rings is 1. The molecule has 0 spiro atoms. The minimum Gasteiger partial charge on any atom is -0.232 e. The Bertz CT molecular complexity index is 455. The molecule has 0 radical (unpaired) electrons. The van der Waals surface area contributed by atoms with Gasteiger partial charge in [0.2, 0.25) is 0 Å². The molecule has 0 amide bonds. The third kappa shape index (κ3) is 2.59. The van der Waals surface area contributed by atoms with Crippen molar-refractivity contribution in [3.8, 4) is 0 Å². The van der Waals surface area contributed by atoms with E-state index in [9.17, 15) is 8.42 Å². The van der Waals surface area contributed by atoms with E-state index in [0.717, 1.165) is 23.7 Å². The van der Waals surface area contributed by atoms with Crippen LogP contribution in [0.5, 0.6) is 0 Å². The Morgan fingerprint density at radius 1 is 1.06 bits per heavy atom. The van der Waals surface area contributed by atoms with Crippen LogP contribution in [0.2, 0.25) is 0 Å². The molecule has 1 aromatic carbocycles. The number of nitrogens with zero attached hydrogens (tertiary/aromatic N) is 2. The average molecular weight is 255 g/mol. The Kier molecular flexibility index (Phi) is 3.66. The van der Waals surface area contributed by atoms with E-state index in [4.69, 9.17) is 5.84 Å². The summed E-state index contributed by atoms with van der Waals surface area (Å²) in [6, 6.07) is 8.72. The highest BCUT2D eigenvalue weighted by Crippen LogP contribution is 2.19. The van der Waals surface area contributed by atoms with Crippen molar-refractivity contribution in [2.24, 2.45) is 5.84 Å². The molecule has 17 heavy (non-hydrogen) atoms. The monoisotopic (exact) mass is 255 g/mol. The SMILES string of the molecule is NN(c1ccccc1)S(=O)(=O)N1CCCCC1. The molecule has 1 aliphatic rings. The molecule has 0 aromatic heterocycles. The highest BCUT2D eigenvalue weighted by molar-refractivity contribution is 7.90. The van der Waals surface area contributed by atoms with Gasteiger partial charge in [-0.05, 0) is 25.0 Å². The molecule has 2 rings (SSSR count). The van der Waals surface area contributed by atoms with Crippen LogP contribution in [-0.2, 0) is 10.2 Å². The summed E-state index contributed by atoms with van der Waals surface area (Å²) in [6.07, 6.45) is 2.89. The lowest BCUT2D eigenvalue weighted by Gasteiger charge is -2.30. The molecule has 94 valence electrons. The topological polar surface area (TPSA) is 66.6 Å². The van der Waals surface area contributed by atoms with Gasteiger partial charge in [0.25, 0.3) is 0 Å². The summed E-state index contributed by atoms with van der Waals surface area (Å²) in [6.45, 7) is 1.12. The fourth-order valence-corrected chi connectivity index (χ4v) is 3.28. The van der Waals surface area contributed by atoms with Crippen molar-refractivity contribution in [3.05, 3.63) is 30.3 Å². The molecule has 0 unspecified atom stereocenters. The molecule has 6 heteroatoms. The van der Waals surface area contributed by atoms with E-state index in [1.165, 1.54) is 4.31 Å². The maximum atomic E-state index is 12.2. The first-order chi connectivity index (χ1) is 8.12. The zero-order valence-corrected chi connectivity index (χ0v) is 10.4. The number of nitrogens with two attached hydrogens (primary N) is 1. The van der Waals surface area contributed by atoms with Crippen molar-refractivity contribution in [1.82, 2.24) is 4.31 Å². The van der Waals surface area contributed by atoms with E-state index in [-0.39, 0.29) is 0 Å². The standard InChI is InChI=1S/C11H17N3O2S/c12-14(11-7-3-1-4-8-11)17(15,16)13-9-5-2-6-10-13/h1,3-4,7-8H,2,5-6,9-10,12H2. The summed E-state index contributed by atoms with van der Waals surface area (Å²) in [5.74, 6) is 5.71. The number of anilines is 1. The van der Waals surface area contributed by atoms with E-state index < -0.39 is 10.2 Å². The van der Waals surface area contributed by atoms with Gasteiger partial charge in [0, 0.05) is 13.1 Å². The van der Waals surface area contributed by atoms with Crippen LogP contribution in [0, 0.1) is 0 Å². The van der Waals surface area contributed by atoms with Crippen molar-refractivity contribution in [2.45, 2.75) is 19.3 Å². The predicted molar refractivity (Wildman–Crippen MR) is 67.5 cm³/mol. The maximum Gasteiger partial charge on any atom is 0.317 e. The van der Waals surface area contributed by atoms with Crippen molar-refractivity contribution in [1.29, 1.82) is 0 Å². The number of piperidine rings is 1. The minimum absolute atomic E-state index is 0.484. The third-order valence-electron chi connectivity index (χ3n) is 2.90. The second-order valence-corrected chi connectivity index (χ2v) is 5.90. The lowest BCUT2D eigenvalue weighted by atomic mass is 10.2. The van der Waals surface area contributed by atoms with E-state index in [2.05, 4.69) is 0 Å². The van der Waals surface area contributed by atoms with Gasteiger partial charge in [-0.1, -0.05) is 24.6 Å². The quantitative estimate of drug-likeness (QED) is 0.649. The highest BCUT2D eigenvalue weighted by atomic mass is 32.2. The fourth-order valence-electron chi connectivity index (χ4n) is 1.93. The smallest absolute Gasteiger partial charge is 0.232 e. The summed E-state index contributed by atoms with van der Waals surface area (Å²) in [5.41, 5.74) is 0.484. The third-order valence-corrected chi connectivity index (χ3v) is 4.63. The van der Waals surface area contributed by atoms with E-state index >= 15 is 0 Å². The van der Waals surface area contributed by atoms with Gasteiger partial charge in [0.1, 0.15) is 0 Å². The number of rotatable bonds is 3. The van der Waals surface area contributed by atoms with Gasteiger partial charge in [-0.2, -0.15) is 17.1 Å². The summed E-state index contributed by atoms with van der Waals surface area (Å²) in [7, 11) is -3.57. The van der Waals surface area contributed by atoms with Crippen LogP contribution in [-0.4, -0.2) is 25.8 Å². The van der Waals surface area contributed by atoms with Crippen LogP contribution in [0.1, 0.15) is 19.3 Å². The Labute approximate surface area is 102 Å². The first-order valence-electron chi connectivity index (χ1n) is 5.72. The molecular weight excluding hydrogens is 238 g/mol. The normalized spacial score (nSPS) is 17.9. The molecule has 1 aliphatic heterocycles. The van der Waals surface area contributed by atoms with E-state index in [1.54, 1.807) is 24.3 Å². The summed E-state index contributed by atoms with van der Waals surface area (Å²) < 4.78 is 26.7. The maximum absolute atomic E-state index is 12.2. The van der Waals surface area contributed by atoms with Crippen molar-refractivity contribution >= 4 is 15.9 Å². The van der Waals surface area contributed by atoms with Gasteiger partial charge in [-0.25, -0.2) is 5.84 Å². The molecule has 0 bridgehead atoms. The van der Waals surface area contributed by atoms with Gasteiger partial charge in [-0.15, -0.1) is 0 Å². The molecule has 1 saturated heterocycles. The number of para-hydroxylation sites is 1. The summed E-state index contributed by atoms with van der Waals surface area (Å²) >= 11 is 0. The van der Waals surface area contributed by atoms with E-state index in [1.807, 2.05) is 6.07 Å². The molecule has 0 saturated carbocycles. The fraction of sp³-hybridized carbons (Fsp3) is 0.455. The van der Waals surface area contributed by atoms with Crippen molar-refractivity contribution in [2.75, 3.05) is 17.5 Å². The Morgan fingerprint density at radius 3 is 2.24 bits per heavy atom. The minimum atomic E-state index is -3.57.